The first-order chi connectivity index (χ1) is 19.6. The number of rotatable bonds is 10. The smallest absolute Gasteiger partial charge is 0.416 e. The third kappa shape index (κ3) is 8.33. The summed E-state index contributed by atoms with van der Waals surface area (Å²) in [5, 5.41) is 14.6. The summed E-state index contributed by atoms with van der Waals surface area (Å²) in [6.45, 7) is -0.213. The highest BCUT2D eigenvalue weighted by Gasteiger charge is 2.30. The third-order valence-corrected chi connectivity index (χ3v) is 7.48. The number of hydrogen-bond acceptors (Lipinski definition) is 4. The summed E-state index contributed by atoms with van der Waals surface area (Å²) in [5.74, 6) is 0.0657. The zero-order valence-electron chi connectivity index (χ0n) is 22.9. The number of amides is 2. The van der Waals surface area contributed by atoms with Crippen molar-refractivity contribution in [3.8, 4) is 16.9 Å². The molecule has 6 nitrogen and oxygen atoms in total. The molecule has 3 N–H and O–H groups in total. The quantitative estimate of drug-likeness (QED) is 0.268. The van der Waals surface area contributed by atoms with E-state index in [-0.39, 0.29) is 12.6 Å². The number of carbonyl (C=O) groups excluding carboxylic acids is 2. The Hall–Kier alpha value is -3.85. The molecular weight excluding hydrogens is 533 g/mol. The molecule has 0 heterocycles. The SMILES string of the molecule is CNC(=O)[C@@H](O)CNC(=O)c1ccc(O[C@@H](CC2CCCCC2)c2cccc(-c3ccc(C(F)(F)F)cc3)c2)cc1. The topological polar surface area (TPSA) is 87.7 Å². The van der Waals surface area contributed by atoms with Gasteiger partial charge in [0.05, 0.1) is 12.1 Å². The minimum absolute atomic E-state index is 0.213. The van der Waals surface area contributed by atoms with Crippen molar-refractivity contribution in [1.29, 1.82) is 0 Å². The second-order valence-corrected chi connectivity index (χ2v) is 10.4. The van der Waals surface area contributed by atoms with Crippen LogP contribution in [0.15, 0.2) is 72.8 Å². The summed E-state index contributed by atoms with van der Waals surface area (Å²) >= 11 is 0. The van der Waals surface area contributed by atoms with E-state index in [4.69, 9.17) is 4.74 Å². The van der Waals surface area contributed by atoms with E-state index in [0.29, 0.717) is 22.8 Å². The molecule has 3 aromatic rings. The van der Waals surface area contributed by atoms with Crippen LogP contribution in [0.2, 0.25) is 0 Å². The molecule has 0 unspecified atom stereocenters. The van der Waals surface area contributed by atoms with Gasteiger partial charge in [0, 0.05) is 12.6 Å². The number of halogens is 3. The maximum atomic E-state index is 13.0. The van der Waals surface area contributed by atoms with Crippen molar-refractivity contribution < 1.29 is 32.6 Å². The monoisotopic (exact) mass is 568 g/mol. The van der Waals surface area contributed by atoms with E-state index in [2.05, 4.69) is 10.6 Å². The second kappa shape index (κ2) is 13.7. The van der Waals surface area contributed by atoms with Crippen LogP contribution in [0.25, 0.3) is 11.1 Å². The number of nitrogens with one attached hydrogen (secondary N) is 2. The Labute approximate surface area is 237 Å². The van der Waals surface area contributed by atoms with Gasteiger partial charge in [0.15, 0.2) is 0 Å². The lowest BCUT2D eigenvalue weighted by Crippen LogP contribution is -2.41. The van der Waals surface area contributed by atoms with Gasteiger partial charge in [0.1, 0.15) is 18.0 Å². The predicted molar refractivity (Wildman–Crippen MR) is 150 cm³/mol. The Kier molecular flexibility index (Phi) is 10.0. The molecule has 1 fully saturated rings. The zero-order valence-corrected chi connectivity index (χ0v) is 22.9. The summed E-state index contributed by atoms with van der Waals surface area (Å²) in [5.41, 5.74) is 2.09. The van der Waals surface area contributed by atoms with Crippen LogP contribution in [0, 0.1) is 5.92 Å². The minimum Gasteiger partial charge on any atom is -0.486 e. The van der Waals surface area contributed by atoms with Gasteiger partial charge in [-0.1, -0.05) is 62.4 Å². The fourth-order valence-electron chi connectivity index (χ4n) is 5.15. The van der Waals surface area contributed by atoms with Gasteiger partial charge in [-0.15, -0.1) is 0 Å². The number of carbonyl (C=O) groups is 2. The summed E-state index contributed by atoms with van der Waals surface area (Å²) in [4.78, 5) is 23.9. The van der Waals surface area contributed by atoms with E-state index in [1.807, 2.05) is 24.3 Å². The highest BCUT2D eigenvalue weighted by Crippen LogP contribution is 2.36. The number of benzene rings is 3. The molecule has 4 rings (SSSR count). The van der Waals surface area contributed by atoms with Crippen molar-refractivity contribution in [1.82, 2.24) is 10.6 Å². The Bertz CT molecular complexity index is 1300. The van der Waals surface area contributed by atoms with Gasteiger partial charge >= 0.3 is 6.18 Å². The molecule has 0 saturated heterocycles. The molecule has 41 heavy (non-hydrogen) atoms. The lowest BCUT2D eigenvalue weighted by Gasteiger charge is -2.28. The van der Waals surface area contributed by atoms with Crippen molar-refractivity contribution in [3.05, 3.63) is 89.5 Å². The summed E-state index contributed by atoms with van der Waals surface area (Å²) in [7, 11) is 1.40. The molecule has 1 aliphatic carbocycles. The average Bonchev–Trinajstić information content (AvgIpc) is 2.99. The first-order valence-corrected chi connectivity index (χ1v) is 13.9. The largest absolute Gasteiger partial charge is 0.486 e. The van der Waals surface area contributed by atoms with E-state index in [9.17, 15) is 27.9 Å². The summed E-state index contributed by atoms with van der Waals surface area (Å²) < 4.78 is 45.6. The van der Waals surface area contributed by atoms with Crippen molar-refractivity contribution >= 4 is 11.8 Å². The molecule has 0 bridgehead atoms. The first kappa shape index (κ1) is 30.1. The normalized spacial score (nSPS) is 15.5. The van der Waals surface area contributed by atoms with Crippen LogP contribution in [0.4, 0.5) is 13.2 Å². The molecule has 0 aliphatic heterocycles. The molecule has 0 radical (unpaired) electrons. The molecule has 1 saturated carbocycles. The summed E-state index contributed by atoms with van der Waals surface area (Å²) in [6, 6.07) is 19.5. The fraction of sp³-hybridized carbons (Fsp3) is 0.375. The van der Waals surface area contributed by atoms with Gasteiger partial charge < -0.3 is 20.5 Å². The highest BCUT2D eigenvalue weighted by atomic mass is 19.4. The lowest BCUT2D eigenvalue weighted by molar-refractivity contribution is -0.137. The van der Waals surface area contributed by atoms with Gasteiger partial charge in [-0.05, 0) is 71.5 Å². The van der Waals surface area contributed by atoms with E-state index in [1.54, 1.807) is 24.3 Å². The van der Waals surface area contributed by atoms with Gasteiger partial charge in [-0.25, -0.2) is 0 Å². The van der Waals surface area contributed by atoms with Crippen molar-refractivity contribution in [2.75, 3.05) is 13.6 Å². The van der Waals surface area contributed by atoms with E-state index in [1.165, 1.54) is 38.4 Å². The molecule has 9 heteroatoms. The number of ether oxygens (including phenoxy) is 1. The Balaban J connectivity index is 1.51. The number of hydrogen-bond donors (Lipinski definition) is 3. The molecule has 218 valence electrons. The predicted octanol–water partition coefficient (Wildman–Crippen LogP) is 6.30. The molecule has 3 aromatic carbocycles. The van der Waals surface area contributed by atoms with Gasteiger partial charge in [-0.3, -0.25) is 9.59 Å². The highest BCUT2D eigenvalue weighted by molar-refractivity contribution is 5.94. The second-order valence-electron chi connectivity index (χ2n) is 10.4. The van der Waals surface area contributed by atoms with E-state index < -0.39 is 29.7 Å². The molecule has 0 aromatic heterocycles. The van der Waals surface area contributed by atoms with Crippen LogP contribution in [0.5, 0.6) is 5.75 Å². The lowest BCUT2D eigenvalue weighted by atomic mass is 9.84. The Morgan fingerprint density at radius 3 is 2.27 bits per heavy atom. The van der Waals surface area contributed by atoms with Gasteiger partial charge in [0.25, 0.3) is 5.91 Å². The van der Waals surface area contributed by atoms with Crippen molar-refractivity contribution in [3.63, 3.8) is 0 Å². The zero-order chi connectivity index (χ0) is 29.4. The standard InChI is InChI=1S/C32H35F3N2O4/c1-36-31(40)28(38)20-37-30(39)23-12-16-27(17-13-23)41-29(18-21-6-3-2-4-7-21)25-9-5-8-24(19-25)22-10-14-26(15-11-22)32(33,34)35/h5,8-17,19,21,28-29,38H,2-4,6-7,18,20H2,1H3,(H,36,40)(H,37,39)/t28-,29-/m0/s1. The molecule has 1 aliphatic rings. The van der Waals surface area contributed by atoms with Crippen LogP contribution >= 0.6 is 0 Å². The number of aliphatic hydroxyl groups is 1. The number of likely N-dealkylation sites (N-methyl/N-ethyl adjacent to an activating group) is 1. The van der Waals surface area contributed by atoms with Crippen LogP contribution in [-0.4, -0.2) is 36.6 Å². The summed E-state index contributed by atoms with van der Waals surface area (Å²) in [6.07, 6.45) is 0.635. The third-order valence-electron chi connectivity index (χ3n) is 7.48. The van der Waals surface area contributed by atoms with Crippen LogP contribution < -0.4 is 15.4 Å². The Morgan fingerprint density at radius 1 is 0.951 bits per heavy atom. The number of alkyl halides is 3. The fourth-order valence-corrected chi connectivity index (χ4v) is 5.15. The van der Waals surface area contributed by atoms with Gasteiger partial charge in [0.2, 0.25) is 5.91 Å². The maximum Gasteiger partial charge on any atom is 0.416 e. The van der Waals surface area contributed by atoms with E-state index >= 15 is 0 Å². The van der Waals surface area contributed by atoms with Crippen molar-refractivity contribution in [2.45, 2.75) is 56.9 Å². The van der Waals surface area contributed by atoms with Crippen LogP contribution in [0.3, 0.4) is 0 Å². The van der Waals surface area contributed by atoms with Crippen molar-refractivity contribution in [2.24, 2.45) is 5.92 Å². The average molecular weight is 569 g/mol. The van der Waals surface area contributed by atoms with E-state index in [0.717, 1.165) is 42.5 Å². The van der Waals surface area contributed by atoms with Gasteiger partial charge in [-0.2, -0.15) is 13.2 Å². The Morgan fingerprint density at radius 2 is 1.63 bits per heavy atom. The first-order valence-electron chi connectivity index (χ1n) is 13.9. The molecule has 0 spiro atoms. The molecule has 2 atom stereocenters. The number of aliphatic hydroxyl groups excluding tert-OH is 1. The molecular formula is C32H35F3N2O4. The minimum atomic E-state index is -4.39. The van der Waals surface area contributed by atoms with Crippen LogP contribution in [-0.2, 0) is 11.0 Å². The molecule has 2 amide bonds. The van der Waals surface area contributed by atoms with Crippen LogP contribution in [0.1, 0.15) is 66.1 Å². The maximum absolute atomic E-state index is 13.0.